The number of carbonyl (C=O) groups is 1. The number of furan rings is 1. The zero-order valence-corrected chi connectivity index (χ0v) is 18.0. The fourth-order valence-electron chi connectivity index (χ4n) is 3.82. The highest BCUT2D eigenvalue weighted by atomic mass is 16.5. The highest BCUT2D eigenvalue weighted by Gasteiger charge is 2.23. The molecule has 0 aliphatic carbocycles. The van der Waals surface area contributed by atoms with Crippen molar-refractivity contribution < 1.29 is 18.7 Å². The molecule has 1 aliphatic rings. The van der Waals surface area contributed by atoms with Crippen LogP contribution in [0.4, 0.5) is 0 Å². The Labute approximate surface area is 181 Å². The summed E-state index contributed by atoms with van der Waals surface area (Å²) in [6.07, 6.45) is 2.27. The molecule has 1 aliphatic heterocycles. The van der Waals surface area contributed by atoms with Crippen molar-refractivity contribution in [1.29, 1.82) is 0 Å². The molecule has 3 aromatic rings. The molecule has 0 bridgehead atoms. The molecule has 4 rings (SSSR count). The highest BCUT2D eigenvalue weighted by molar-refractivity contribution is 5.91. The topological polar surface area (TPSA) is 94.6 Å². The van der Waals surface area contributed by atoms with Crippen LogP contribution < -0.4 is 14.8 Å². The van der Waals surface area contributed by atoms with Crippen molar-refractivity contribution in [2.45, 2.75) is 32.5 Å². The van der Waals surface area contributed by atoms with Gasteiger partial charge in [0.2, 0.25) is 0 Å². The molecule has 0 fully saturated rings. The first kappa shape index (κ1) is 20.9. The second-order valence-corrected chi connectivity index (χ2v) is 7.55. The summed E-state index contributed by atoms with van der Waals surface area (Å²) in [6, 6.07) is 8.98. The van der Waals surface area contributed by atoms with Crippen LogP contribution >= 0.6 is 0 Å². The van der Waals surface area contributed by atoms with E-state index < -0.39 is 0 Å². The molecule has 0 unspecified atom stereocenters. The van der Waals surface area contributed by atoms with Crippen LogP contribution in [0.3, 0.4) is 0 Å². The molecule has 3 heterocycles. The zero-order chi connectivity index (χ0) is 21.8. The smallest absolute Gasteiger partial charge is 0.287 e. The first-order chi connectivity index (χ1) is 15.1. The van der Waals surface area contributed by atoms with Crippen LogP contribution in [0.15, 0.2) is 41.0 Å². The summed E-state index contributed by atoms with van der Waals surface area (Å²) in [7, 11) is 3.31. The van der Waals surface area contributed by atoms with Crippen molar-refractivity contribution in [1.82, 2.24) is 25.0 Å². The first-order valence-electron chi connectivity index (χ1n) is 10.3. The van der Waals surface area contributed by atoms with Gasteiger partial charge in [-0.1, -0.05) is 0 Å². The van der Waals surface area contributed by atoms with Gasteiger partial charge >= 0.3 is 0 Å². The van der Waals surface area contributed by atoms with E-state index in [1.807, 2.05) is 25.1 Å². The van der Waals surface area contributed by atoms with Crippen molar-refractivity contribution >= 4 is 5.91 Å². The fourth-order valence-corrected chi connectivity index (χ4v) is 3.82. The Kier molecular flexibility index (Phi) is 6.22. The zero-order valence-electron chi connectivity index (χ0n) is 18.0. The maximum absolute atomic E-state index is 12.3. The molecule has 9 heteroatoms. The van der Waals surface area contributed by atoms with Crippen molar-refractivity contribution in [2.24, 2.45) is 0 Å². The molecular formula is C22H27N5O4. The minimum Gasteiger partial charge on any atom is -0.497 e. The summed E-state index contributed by atoms with van der Waals surface area (Å²) in [5.41, 5.74) is 1.13. The van der Waals surface area contributed by atoms with Gasteiger partial charge in [0.25, 0.3) is 5.91 Å². The van der Waals surface area contributed by atoms with Gasteiger partial charge in [0.15, 0.2) is 11.6 Å². The van der Waals surface area contributed by atoms with Gasteiger partial charge in [-0.25, -0.2) is 0 Å². The lowest BCUT2D eigenvalue weighted by atomic mass is 10.2. The summed E-state index contributed by atoms with van der Waals surface area (Å²) >= 11 is 0. The number of methoxy groups -OCH3 is 2. The molecule has 1 aromatic carbocycles. The summed E-state index contributed by atoms with van der Waals surface area (Å²) < 4.78 is 18.1. The van der Waals surface area contributed by atoms with Gasteiger partial charge in [0.05, 0.1) is 26.5 Å². The molecule has 1 atom stereocenters. The van der Waals surface area contributed by atoms with E-state index in [0.29, 0.717) is 0 Å². The van der Waals surface area contributed by atoms with Crippen molar-refractivity contribution in [3.05, 3.63) is 59.6 Å². The molecule has 1 amide bonds. The number of ether oxygens (including phenoxy) is 2. The lowest BCUT2D eigenvalue weighted by Gasteiger charge is -2.21. The Hall–Kier alpha value is -3.33. The normalized spacial score (nSPS) is 15.1. The van der Waals surface area contributed by atoms with Crippen molar-refractivity contribution in [3.63, 3.8) is 0 Å². The van der Waals surface area contributed by atoms with E-state index in [2.05, 4.69) is 25.0 Å². The largest absolute Gasteiger partial charge is 0.497 e. The van der Waals surface area contributed by atoms with Gasteiger partial charge in [-0.15, -0.1) is 10.2 Å². The van der Waals surface area contributed by atoms with Crippen LogP contribution in [-0.4, -0.2) is 52.9 Å². The number of hydrogen-bond acceptors (Lipinski definition) is 7. The lowest BCUT2D eigenvalue weighted by molar-refractivity contribution is 0.0909. The Morgan fingerprint density at radius 2 is 1.94 bits per heavy atom. The summed E-state index contributed by atoms with van der Waals surface area (Å²) in [6.45, 7) is 5.15. The third-order valence-electron chi connectivity index (χ3n) is 5.44. The number of benzene rings is 1. The molecule has 2 aromatic heterocycles. The molecule has 0 radical (unpaired) electrons. The maximum atomic E-state index is 12.3. The minimum atomic E-state index is -0.284. The average molecular weight is 425 g/mol. The van der Waals surface area contributed by atoms with E-state index in [4.69, 9.17) is 13.9 Å². The average Bonchev–Trinajstić information content (AvgIpc) is 3.42. The number of aromatic nitrogens is 3. The highest BCUT2D eigenvalue weighted by Crippen LogP contribution is 2.24. The van der Waals surface area contributed by atoms with Crippen LogP contribution in [0, 0.1) is 0 Å². The van der Waals surface area contributed by atoms with Crippen LogP contribution in [0.1, 0.15) is 40.7 Å². The monoisotopic (exact) mass is 425 g/mol. The van der Waals surface area contributed by atoms with E-state index >= 15 is 0 Å². The fraction of sp³-hybridized carbons (Fsp3) is 0.409. The van der Waals surface area contributed by atoms with Gasteiger partial charge in [-0.3, -0.25) is 9.69 Å². The van der Waals surface area contributed by atoms with E-state index in [1.165, 1.54) is 6.26 Å². The number of hydrogen-bond donors (Lipinski definition) is 1. The second-order valence-electron chi connectivity index (χ2n) is 7.55. The van der Waals surface area contributed by atoms with E-state index in [-0.39, 0.29) is 17.7 Å². The van der Waals surface area contributed by atoms with Gasteiger partial charge in [0, 0.05) is 38.7 Å². The molecule has 0 saturated heterocycles. The van der Waals surface area contributed by atoms with Gasteiger partial charge in [0.1, 0.15) is 17.3 Å². The van der Waals surface area contributed by atoms with Gasteiger partial charge in [-0.2, -0.15) is 0 Å². The molecule has 9 nitrogen and oxygen atoms in total. The van der Waals surface area contributed by atoms with E-state index in [1.54, 1.807) is 26.4 Å². The number of rotatable bonds is 7. The minimum absolute atomic E-state index is 0.267. The Morgan fingerprint density at radius 3 is 2.61 bits per heavy atom. The van der Waals surface area contributed by atoms with Crippen molar-refractivity contribution in [2.75, 3.05) is 27.3 Å². The third-order valence-corrected chi connectivity index (χ3v) is 5.44. The maximum Gasteiger partial charge on any atom is 0.287 e. The molecule has 164 valence electrons. The number of nitrogens with zero attached hydrogens (tertiary/aromatic N) is 4. The number of fused-ring (bicyclic) bond motifs is 1. The van der Waals surface area contributed by atoms with Crippen molar-refractivity contribution in [3.8, 4) is 11.5 Å². The van der Waals surface area contributed by atoms with E-state index in [0.717, 1.165) is 61.3 Å². The standard InChI is InChI=1S/C22H27N5O4/c1-15(23-22(28)19-5-4-10-31-19)21-25-24-20-6-7-26(8-9-27(20)21)14-16-11-17(29-2)13-18(12-16)30-3/h4-5,10-13,15H,6-9,14H2,1-3H3,(H,23,28)/t15-/m0/s1. The Bertz CT molecular complexity index is 1010. The number of amides is 1. The predicted molar refractivity (Wildman–Crippen MR) is 113 cm³/mol. The Morgan fingerprint density at radius 1 is 1.16 bits per heavy atom. The van der Waals surface area contributed by atoms with Crippen LogP contribution in [-0.2, 0) is 19.5 Å². The summed E-state index contributed by atoms with van der Waals surface area (Å²) in [4.78, 5) is 14.7. The predicted octanol–water partition coefficient (Wildman–Crippen LogP) is 2.44. The van der Waals surface area contributed by atoms with Gasteiger partial charge in [-0.05, 0) is 36.8 Å². The lowest BCUT2D eigenvalue weighted by Crippen LogP contribution is -2.30. The summed E-state index contributed by atoms with van der Waals surface area (Å²) in [5, 5.41) is 11.7. The second kappa shape index (κ2) is 9.22. The summed E-state index contributed by atoms with van der Waals surface area (Å²) in [5.74, 6) is 3.26. The first-order valence-corrected chi connectivity index (χ1v) is 10.3. The van der Waals surface area contributed by atoms with Crippen LogP contribution in [0.2, 0.25) is 0 Å². The van der Waals surface area contributed by atoms with Gasteiger partial charge < -0.3 is 23.8 Å². The number of nitrogens with one attached hydrogen (secondary N) is 1. The molecule has 0 spiro atoms. The number of carbonyl (C=O) groups excluding carboxylic acids is 1. The van der Waals surface area contributed by atoms with Crippen LogP contribution in [0.25, 0.3) is 0 Å². The molecule has 31 heavy (non-hydrogen) atoms. The Balaban J connectivity index is 1.43. The quantitative estimate of drug-likeness (QED) is 0.621. The molecular weight excluding hydrogens is 398 g/mol. The SMILES string of the molecule is COc1cc(CN2CCc3nnc([C@H](C)NC(=O)c4ccco4)n3CC2)cc(OC)c1. The van der Waals surface area contributed by atoms with E-state index in [9.17, 15) is 4.79 Å². The third kappa shape index (κ3) is 4.72. The van der Waals surface area contributed by atoms with Crippen LogP contribution in [0.5, 0.6) is 11.5 Å². The molecule has 0 saturated carbocycles. The molecule has 1 N–H and O–H groups in total.